The Balaban J connectivity index is 1.89. The Kier molecular flexibility index (Phi) is 4.00. The van der Waals surface area contributed by atoms with Crippen molar-refractivity contribution < 1.29 is 0 Å². The fraction of sp³-hybridized carbons (Fsp3) is 0.684. The molecule has 2 bridgehead atoms. The lowest BCUT2D eigenvalue weighted by molar-refractivity contribution is 0.360. The van der Waals surface area contributed by atoms with Gasteiger partial charge in [0.1, 0.15) is 0 Å². The molecule has 0 aromatic heterocycles. The molecule has 2 nitrogen and oxygen atoms in total. The molecule has 116 valence electrons. The molecule has 2 aliphatic rings. The lowest BCUT2D eigenvalue weighted by atomic mass is 9.84. The largest absolute Gasteiger partial charge is 0.365 e. The summed E-state index contributed by atoms with van der Waals surface area (Å²) in [6, 6.07) is 11.3. The van der Waals surface area contributed by atoms with Gasteiger partial charge in [-0.3, -0.25) is 0 Å². The van der Waals surface area contributed by atoms with E-state index in [4.69, 9.17) is 0 Å². The van der Waals surface area contributed by atoms with E-state index in [1.54, 1.807) is 0 Å². The van der Waals surface area contributed by atoms with Crippen LogP contribution in [-0.2, 0) is 5.41 Å². The van der Waals surface area contributed by atoms with Gasteiger partial charge >= 0.3 is 0 Å². The first-order valence-electron chi connectivity index (χ1n) is 8.62. The molecular weight excluding hydrogens is 256 g/mol. The highest BCUT2D eigenvalue weighted by molar-refractivity contribution is 5.59. The van der Waals surface area contributed by atoms with Gasteiger partial charge in [0, 0.05) is 23.8 Å². The number of hydrogen-bond donors (Lipinski definition) is 1. The Morgan fingerprint density at radius 2 is 1.71 bits per heavy atom. The van der Waals surface area contributed by atoms with Crippen LogP contribution in [-0.4, -0.2) is 24.7 Å². The van der Waals surface area contributed by atoms with Gasteiger partial charge in [-0.1, -0.05) is 45.9 Å². The molecule has 2 fully saturated rings. The maximum atomic E-state index is 3.68. The number of para-hydroxylation sites is 1. The molecule has 0 aliphatic carbocycles. The molecule has 0 spiro atoms. The average Bonchev–Trinajstić information content (AvgIpc) is 2.69. The highest BCUT2D eigenvalue weighted by atomic mass is 15.2. The van der Waals surface area contributed by atoms with Crippen molar-refractivity contribution in [2.45, 2.75) is 76.9 Å². The number of rotatable bonds is 3. The van der Waals surface area contributed by atoms with E-state index < -0.39 is 0 Å². The summed E-state index contributed by atoms with van der Waals surface area (Å²) in [6.45, 7) is 10.3. The van der Waals surface area contributed by atoms with Crippen molar-refractivity contribution in [3.05, 3.63) is 29.8 Å². The molecule has 2 atom stereocenters. The zero-order valence-electron chi connectivity index (χ0n) is 14.0. The Labute approximate surface area is 129 Å². The summed E-state index contributed by atoms with van der Waals surface area (Å²) < 4.78 is 0. The van der Waals surface area contributed by atoms with Crippen LogP contribution < -0.4 is 10.2 Å². The summed E-state index contributed by atoms with van der Waals surface area (Å²) in [4.78, 5) is 2.76. The van der Waals surface area contributed by atoms with E-state index in [1.807, 2.05) is 0 Å². The topological polar surface area (TPSA) is 15.3 Å². The molecule has 0 radical (unpaired) electrons. The Morgan fingerprint density at radius 1 is 1.10 bits per heavy atom. The molecule has 2 unspecified atom stereocenters. The van der Waals surface area contributed by atoms with Gasteiger partial charge in [-0.05, 0) is 49.3 Å². The second kappa shape index (κ2) is 5.64. The second-order valence-electron chi connectivity index (χ2n) is 7.79. The van der Waals surface area contributed by atoms with Crippen molar-refractivity contribution >= 4 is 5.69 Å². The van der Waals surface area contributed by atoms with Crippen LogP contribution in [0.4, 0.5) is 5.69 Å². The van der Waals surface area contributed by atoms with Gasteiger partial charge in [-0.15, -0.1) is 0 Å². The summed E-state index contributed by atoms with van der Waals surface area (Å²) in [6.07, 6.45) is 5.35. The Morgan fingerprint density at radius 3 is 2.29 bits per heavy atom. The van der Waals surface area contributed by atoms with Crippen LogP contribution >= 0.6 is 0 Å². The third kappa shape index (κ3) is 2.83. The third-order valence-corrected chi connectivity index (χ3v) is 5.22. The van der Waals surface area contributed by atoms with Crippen molar-refractivity contribution in [3.63, 3.8) is 0 Å². The number of nitrogens with zero attached hydrogens (tertiary/aromatic N) is 1. The van der Waals surface area contributed by atoms with Gasteiger partial charge < -0.3 is 10.2 Å². The van der Waals surface area contributed by atoms with Crippen LogP contribution in [0.15, 0.2) is 24.3 Å². The maximum absolute atomic E-state index is 3.68. The fourth-order valence-electron chi connectivity index (χ4n) is 4.36. The molecule has 2 aliphatic heterocycles. The first-order valence-corrected chi connectivity index (χ1v) is 8.62. The molecule has 3 rings (SSSR count). The van der Waals surface area contributed by atoms with Crippen LogP contribution in [0.25, 0.3) is 0 Å². The molecule has 1 N–H and O–H groups in total. The average molecular weight is 286 g/mol. The molecule has 0 saturated carbocycles. The van der Waals surface area contributed by atoms with Crippen LogP contribution in [0.3, 0.4) is 0 Å². The predicted molar refractivity (Wildman–Crippen MR) is 91.1 cm³/mol. The van der Waals surface area contributed by atoms with Crippen molar-refractivity contribution in [2.75, 3.05) is 11.4 Å². The third-order valence-electron chi connectivity index (χ3n) is 5.22. The van der Waals surface area contributed by atoms with Gasteiger partial charge in [0.25, 0.3) is 0 Å². The minimum Gasteiger partial charge on any atom is -0.365 e. The first-order chi connectivity index (χ1) is 10.0. The summed E-state index contributed by atoms with van der Waals surface area (Å²) in [5.74, 6) is 0. The van der Waals surface area contributed by atoms with Gasteiger partial charge in [-0.25, -0.2) is 0 Å². The Bertz CT molecular complexity index is 475. The van der Waals surface area contributed by atoms with Crippen LogP contribution in [0.1, 0.15) is 58.9 Å². The van der Waals surface area contributed by atoms with Crippen LogP contribution in [0, 0.1) is 0 Å². The normalized spacial score (nSPS) is 29.0. The van der Waals surface area contributed by atoms with Crippen LogP contribution in [0.5, 0.6) is 0 Å². The lowest BCUT2D eigenvalue weighted by Gasteiger charge is -2.43. The predicted octanol–water partition coefficient (Wildman–Crippen LogP) is 4.09. The van der Waals surface area contributed by atoms with E-state index in [0.29, 0.717) is 0 Å². The van der Waals surface area contributed by atoms with E-state index in [2.05, 4.69) is 62.2 Å². The molecule has 1 aromatic rings. The molecule has 21 heavy (non-hydrogen) atoms. The van der Waals surface area contributed by atoms with Crippen molar-refractivity contribution in [1.29, 1.82) is 0 Å². The summed E-state index contributed by atoms with van der Waals surface area (Å²) >= 11 is 0. The monoisotopic (exact) mass is 286 g/mol. The Hall–Kier alpha value is -1.02. The van der Waals surface area contributed by atoms with Crippen LogP contribution in [0.2, 0.25) is 0 Å². The number of benzene rings is 1. The lowest BCUT2D eigenvalue weighted by Crippen LogP contribution is -2.49. The van der Waals surface area contributed by atoms with Crippen molar-refractivity contribution in [2.24, 2.45) is 0 Å². The number of anilines is 1. The molecular formula is C19H30N2. The van der Waals surface area contributed by atoms with Crippen molar-refractivity contribution in [1.82, 2.24) is 5.32 Å². The highest BCUT2D eigenvalue weighted by Crippen LogP contribution is 2.43. The van der Waals surface area contributed by atoms with Gasteiger partial charge in [0.05, 0.1) is 0 Å². The molecule has 1 aromatic carbocycles. The molecule has 2 heteroatoms. The standard InChI is InChI=1S/C19H30N2/c1-5-20-14-12-15-10-11-16(13-14)21(15)18-9-7-6-8-17(18)19(2,3)4/h6-9,14-16,20H,5,10-13H2,1-4H3. The van der Waals surface area contributed by atoms with E-state index >= 15 is 0 Å². The molecule has 0 amide bonds. The zero-order chi connectivity index (χ0) is 15.0. The number of nitrogens with one attached hydrogen (secondary N) is 1. The van der Waals surface area contributed by atoms with E-state index in [0.717, 1.165) is 24.7 Å². The number of hydrogen-bond acceptors (Lipinski definition) is 2. The maximum Gasteiger partial charge on any atom is 0.0409 e. The van der Waals surface area contributed by atoms with E-state index in [9.17, 15) is 0 Å². The summed E-state index contributed by atoms with van der Waals surface area (Å²) in [5.41, 5.74) is 3.21. The SMILES string of the molecule is CCNC1CC2CCC(C1)N2c1ccccc1C(C)(C)C. The van der Waals surface area contributed by atoms with Gasteiger partial charge in [0.15, 0.2) is 0 Å². The van der Waals surface area contributed by atoms with Gasteiger partial charge in [-0.2, -0.15) is 0 Å². The minimum absolute atomic E-state index is 0.217. The highest BCUT2D eigenvalue weighted by Gasteiger charge is 2.41. The first kappa shape index (κ1) is 14.9. The van der Waals surface area contributed by atoms with Gasteiger partial charge in [0.2, 0.25) is 0 Å². The quantitative estimate of drug-likeness (QED) is 0.900. The molecule has 2 saturated heterocycles. The fourth-order valence-corrected chi connectivity index (χ4v) is 4.36. The van der Waals surface area contributed by atoms with Crippen molar-refractivity contribution in [3.8, 4) is 0 Å². The second-order valence-corrected chi connectivity index (χ2v) is 7.79. The summed E-state index contributed by atoms with van der Waals surface area (Å²) in [7, 11) is 0. The number of piperidine rings is 1. The minimum atomic E-state index is 0.217. The smallest absolute Gasteiger partial charge is 0.0409 e. The molecule has 2 heterocycles. The zero-order valence-corrected chi connectivity index (χ0v) is 14.0. The van der Waals surface area contributed by atoms with E-state index in [1.165, 1.54) is 36.9 Å². The number of fused-ring (bicyclic) bond motifs is 2. The van der Waals surface area contributed by atoms with E-state index in [-0.39, 0.29) is 5.41 Å². The summed E-state index contributed by atoms with van der Waals surface area (Å²) in [5, 5.41) is 3.68.